The summed E-state index contributed by atoms with van der Waals surface area (Å²) < 4.78 is 6.45. The van der Waals surface area contributed by atoms with Gasteiger partial charge in [0.05, 0.1) is 21.1 Å². The van der Waals surface area contributed by atoms with Crippen LogP contribution in [-0.2, 0) is 4.74 Å². The molecule has 4 unspecified atom stereocenters. The number of benzene rings is 1. The van der Waals surface area contributed by atoms with Gasteiger partial charge in [-0.1, -0.05) is 35.3 Å². The van der Waals surface area contributed by atoms with Crippen LogP contribution in [0.2, 0.25) is 10.0 Å². The Bertz CT molecular complexity index is 1150. The standard InChI is InChI=1S/C23H26Cl2N6O2/c24-15-3-1-2-14(17(15)25)16-18(20(27)32)29-21(30-19(16)26)28-13-6-9-33-22(10-13)11-31-8-5-12-4-7-23(12,22)31/h1-3,12-13H,4-11H2,(H2,27,32)(H3,26,28,29,30). The molecule has 2 spiro atoms. The summed E-state index contributed by atoms with van der Waals surface area (Å²) in [6.07, 6.45) is 5.51. The molecule has 3 aliphatic heterocycles. The van der Waals surface area contributed by atoms with Crippen LogP contribution < -0.4 is 16.8 Å². The lowest BCUT2D eigenvalue weighted by molar-refractivity contribution is -0.284. The number of nitrogens with zero attached hydrogens (tertiary/aromatic N) is 3. The average molecular weight is 489 g/mol. The molecule has 3 saturated heterocycles. The maximum absolute atomic E-state index is 12.3. The Kier molecular flexibility index (Phi) is 4.82. The van der Waals surface area contributed by atoms with Gasteiger partial charge in [-0.3, -0.25) is 9.69 Å². The molecule has 10 heteroatoms. The van der Waals surface area contributed by atoms with Crippen molar-refractivity contribution in [1.29, 1.82) is 0 Å². The molecule has 1 aromatic heterocycles. The number of ether oxygens (including phenoxy) is 1. The molecule has 8 nitrogen and oxygen atoms in total. The molecule has 4 atom stereocenters. The molecule has 1 aliphatic carbocycles. The number of anilines is 2. The summed E-state index contributed by atoms with van der Waals surface area (Å²) in [5.74, 6) is 0.449. The van der Waals surface area contributed by atoms with Crippen molar-refractivity contribution in [3.63, 3.8) is 0 Å². The van der Waals surface area contributed by atoms with Gasteiger partial charge >= 0.3 is 0 Å². The van der Waals surface area contributed by atoms with Crippen molar-refractivity contribution in [2.45, 2.75) is 49.3 Å². The third-order valence-electron chi connectivity index (χ3n) is 8.24. The van der Waals surface area contributed by atoms with E-state index in [1.165, 1.54) is 25.8 Å². The predicted octanol–water partition coefficient (Wildman–Crippen LogP) is 3.33. The number of hydrogen-bond acceptors (Lipinski definition) is 7. The SMILES string of the molecule is NC(=O)c1nc(NC2CCOC3(C2)CN2CCC4CCC423)nc(N)c1-c1cccc(Cl)c1Cl. The van der Waals surface area contributed by atoms with Crippen molar-refractivity contribution < 1.29 is 9.53 Å². The molecule has 1 amide bonds. The summed E-state index contributed by atoms with van der Waals surface area (Å²) in [4.78, 5) is 23.8. The minimum atomic E-state index is -0.710. The largest absolute Gasteiger partial charge is 0.383 e. The molecular formula is C23H26Cl2N6O2. The number of nitrogen functional groups attached to an aromatic ring is 1. The van der Waals surface area contributed by atoms with Gasteiger partial charge in [0, 0.05) is 24.8 Å². The highest BCUT2D eigenvalue weighted by atomic mass is 35.5. The first-order valence-corrected chi connectivity index (χ1v) is 12.2. The molecule has 0 bridgehead atoms. The van der Waals surface area contributed by atoms with E-state index in [1.54, 1.807) is 18.2 Å². The zero-order valence-electron chi connectivity index (χ0n) is 18.1. The number of carbonyl (C=O) groups is 1. The maximum atomic E-state index is 12.3. The lowest BCUT2D eigenvalue weighted by atomic mass is 9.52. The van der Waals surface area contributed by atoms with E-state index in [4.69, 9.17) is 39.4 Å². The summed E-state index contributed by atoms with van der Waals surface area (Å²) in [7, 11) is 0. The molecule has 5 N–H and O–H groups in total. The van der Waals surface area contributed by atoms with E-state index in [9.17, 15) is 4.79 Å². The van der Waals surface area contributed by atoms with Crippen molar-refractivity contribution in [3.05, 3.63) is 33.9 Å². The van der Waals surface area contributed by atoms with E-state index < -0.39 is 5.91 Å². The number of primary amides is 1. The third kappa shape index (κ3) is 2.94. The minimum absolute atomic E-state index is 0.0132. The Morgan fingerprint density at radius 1 is 1.24 bits per heavy atom. The van der Waals surface area contributed by atoms with Gasteiger partial charge in [-0.2, -0.15) is 4.98 Å². The molecule has 4 fully saturated rings. The van der Waals surface area contributed by atoms with E-state index in [-0.39, 0.29) is 39.7 Å². The van der Waals surface area contributed by atoms with Gasteiger partial charge in [-0.15, -0.1) is 0 Å². The van der Waals surface area contributed by atoms with Crippen LogP contribution in [0.3, 0.4) is 0 Å². The first-order valence-electron chi connectivity index (χ1n) is 11.4. The second-order valence-electron chi connectivity index (χ2n) is 9.67. The van der Waals surface area contributed by atoms with Gasteiger partial charge in [0.15, 0.2) is 0 Å². The highest BCUT2D eigenvalue weighted by molar-refractivity contribution is 6.44. The Morgan fingerprint density at radius 2 is 2.09 bits per heavy atom. The zero-order chi connectivity index (χ0) is 23.0. The second-order valence-corrected chi connectivity index (χ2v) is 10.5. The van der Waals surface area contributed by atoms with Crippen molar-refractivity contribution in [2.24, 2.45) is 11.7 Å². The van der Waals surface area contributed by atoms with Crippen LogP contribution in [0.1, 0.15) is 42.6 Å². The summed E-state index contributed by atoms with van der Waals surface area (Å²) in [6.45, 7) is 2.86. The first-order chi connectivity index (χ1) is 15.8. The molecular weight excluding hydrogens is 463 g/mol. The fourth-order valence-corrected chi connectivity index (χ4v) is 7.15. The Balaban J connectivity index is 1.29. The van der Waals surface area contributed by atoms with Crippen molar-refractivity contribution >= 4 is 40.9 Å². The van der Waals surface area contributed by atoms with E-state index >= 15 is 0 Å². The van der Waals surface area contributed by atoms with Crippen LogP contribution in [0.5, 0.6) is 0 Å². The van der Waals surface area contributed by atoms with Crippen LogP contribution >= 0.6 is 23.2 Å². The summed E-state index contributed by atoms with van der Waals surface area (Å²) in [6, 6.07) is 5.21. The van der Waals surface area contributed by atoms with Crippen LogP contribution in [0.4, 0.5) is 11.8 Å². The quantitative estimate of drug-likeness (QED) is 0.603. The van der Waals surface area contributed by atoms with E-state index in [0.29, 0.717) is 22.8 Å². The van der Waals surface area contributed by atoms with Crippen molar-refractivity contribution in [2.75, 3.05) is 30.7 Å². The summed E-state index contributed by atoms with van der Waals surface area (Å²) >= 11 is 12.5. The van der Waals surface area contributed by atoms with E-state index in [2.05, 4.69) is 20.2 Å². The Hall–Kier alpha value is -2.13. The van der Waals surface area contributed by atoms with E-state index in [1.807, 2.05) is 0 Å². The van der Waals surface area contributed by atoms with E-state index in [0.717, 1.165) is 25.3 Å². The van der Waals surface area contributed by atoms with Crippen molar-refractivity contribution in [1.82, 2.24) is 14.9 Å². The van der Waals surface area contributed by atoms with Gasteiger partial charge in [0.1, 0.15) is 17.1 Å². The van der Waals surface area contributed by atoms with Crippen LogP contribution in [0.15, 0.2) is 18.2 Å². The Morgan fingerprint density at radius 3 is 2.82 bits per heavy atom. The normalized spacial score (nSPS) is 32.5. The summed E-state index contributed by atoms with van der Waals surface area (Å²) in [5, 5.41) is 4.02. The Labute approximate surface area is 202 Å². The minimum Gasteiger partial charge on any atom is -0.383 e. The molecule has 174 valence electrons. The molecule has 2 aromatic rings. The van der Waals surface area contributed by atoms with Gasteiger partial charge in [0.25, 0.3) is 5.91 Å². The highest BCUT2D eigenvalue weighted by Crippen LogP contribution is 2.65. The second kappa shape index (κ2) is 7.43. The molecule has 6 rings (SSSR count). The number of hydrogen-bond donors (Lipinski definition) is 3. The smallest absolute Gasteiger partial charge is 0.268 e. The van der Waals surface area contributed by atoms with Gasteiger partial charge in [-0.25, -0.2) is 4.98 Å². The monoisotopic (exact) mass is 488 g/mol. The lowest BCUT2D eigenvalue weighted by Crippen LogP contribution is -2.83. The molecule has 1 saturated carbocycles. The van der Waals surface area contributed by atoms with Gasteiger partial charge in [-0.05, 0) is 50.6 Å². The number of carbonyl (C=O) groups excluding carboxylic acids is 1. The fourth-order valence-electron chi connectivity index (χ4n) is 6.75. The number of amides is 1. The summed E-state index contributed by atoms with van der Waals surface area (Å²) in [5.41, 5.74) is 12.9. The van der Waals surface area contributed by atoms with Gasteiger partial charge < -0.3 is 21.5 Å². The number of nitrogens with one attached hydrogen (secondary N) is 1. The van der Waals surface area contributed by atoms with Crippen LogP contribution in [0, 0.1) is 5.92 Å². The number of rotatable bonds is 4. The molecule has 0 radical (unpaired) electrons. The predicted molar refractivity (Wildman–Crippen MR) is 127 cm³/mol. The average Bonchev–Trinajstić information content (AvgIpc) is 2.95. The number of halogens is 2. The molecule has 33 heavy (non-hydrogen) atoms. The molecule has 4 heterocycles. The fraction of sp³-hybridized carbons (Fsp3) is 0.522. The van der Waals surface area contributed by atoms with Crippen molar-refractivity contribution in [3.8, 4) is 11.1 Å². The molecule has 1 aromatic carbocycles. The highest BCUT2D eigenvalue weighted by Gasteiger charge is 2.74. The van der Waals surface area contributed by atoms with Gasteiger partial charge in [0.2, 0.25) is 5.95 Å². The number of nitrogens with two attached hydrogens (primary N) is 2. The zero-order valence-corrected chi connectivity index (χ0v) is 19.6. The maximum Gasteiger partial charge on any atom is 0.268 e. The first kappa shape index (κ1) is 21.4. The van der Waals surface area contributed by atoms with Crippen LogP contribution in [-0.4, -0.2) is 57.7 Å². The topological polar surface area (TPSA) is 119 Å². The van der Waals surface area contributed by atoms with Crippen LogP contribution in [0.25, 0.3) is 11.1 Å². The third-order valence-corrected chi connectivity index (χ3v) is 9.06. The molecule has 4 aliphatic rings. The number of aromatic nitrogens is 2. The lowest BCUT2D eigenvalue weighted by Gasteiger charge is -2.71.